The Morgan fingerprint density at radius 3 is 1.84 bits per heavy atom. The zero-order valence-electron chi connectivity index (χ0n) is 35.4. The van der Waals surface area contributed by atoms with Gasteiger partial charge in [0.1, 0.15) is 0 Å². The molecule has 1 aliphatic carbocycles. The van der Waals surface area contributed by atoms with Crippen molar-refractivity contribution in [3.8, 4) is 27.9 Å². The molecule has 1 aromatic heterocycles. The quantitative estimate of drug-likeness (QED) is 0.119. The predicted molar refractivity (Wildman–Crippen MR) is 264 cm³/mol. The number of para-hydroxylation sites is 2. The highest BCUT2D eigenvalue weighted by molar-refractivity contribution is 6.10. The van der Waals surface area contributed by atoms with Gasteiger partial charge in [-0.2, -0.15) is 0 Å². The fraction of sp³-hybridized carbons (Fsp3) is 0.0847. The third-order valence-electron chi connectivity index (χ3n) is 12.2. The lowest BCUT2D eigenvalue weighted by molar-refractivity contribution is 0.653. The van der Waals surface area contributed by atoms with Crippen molar-refractivity contribution in [2.24, 2.45) is 0 Å². The van der Waals surface area contributed by atoms with Crippen molar-refractivity contribution in [1.82, 2.24) is 4.57 Å². The van der Waals surface area contributed by atoms with Gasteiger partial charge in [-0.3, -0.25) is 0 Å². The van der Waals surface area contributed by atoms with Gasteiger partial charge in [0.15, 0.2) is 0 Å². The number of rotatable bonds is 11. The summed E-state index contributed by atoms with van der Waals surface area (Å²) < 4.78 is 2.37. The fourth-order valence-corrected chi connectivity index (χ4v) is 9.22. The van der Waals surface area contributed by atoms with Gasteiger partial charge in [-0.25, -0.2) is 0 Å². The first-order chi connectivity index (χ1) is 29.8. The Labute approximate surface area is 360 Å². The van der Waals surface area contributed by atoms with Crippen LogP contribution in [0.3, 0.4) is 0 Å². The summed E-state index contributed by atoms with van der Waals surface area (Å²) >= 11 is 0. The van der Waals surface area contributed by atoms with Gasteiger partial charge in [0.2, 0.25) is 0 Å². The van der Waals surface area contributed by atoms with Gasteiger partial charge >= 0.3 is 0 Å². The molecule has 0 atom stereocenters. The number of fused-ring (bicyclic) bond motifs is 4. The Balaban J connectivity index is 1.11. The first kappa shape index (κ1) is 39.1. The average molecular weight is 787 g/mol. The molecule has 7 aromatic carbocycles. The molecule has 296 valence electrons. The fourth-order valence-electron chi connectivity index (χ4n) is 9.22. The maximum absolute atomic E-state index is 4.28. The van der Waals surface area contributed by atoms with Crippen LogP contribution in [-0.4, -0.2) is 4.57 Å². The topological polar surface area (TPSA) is 8.17 Å². The number of benzene rings is 7. The van der Waals surface area contributed by atoms with E-state index in [4.69, 9.17) is 0 Å². The minimum Gasteiger partial charge on any atom is -0.315 e. The third kappa shape index (κ3) is 7.11. The van der Waals surface area contributed by atoms with Crippen molar-refractivity contribution in [3.05, 3.63) is 247 Å². The van der Waals surface area contributed by atoms with E-state index in [0.29, 0.717) is 0 Å². The van der Waals surface area contributed by atoms with Crippen molar-refractivity contribution >= 4 is 44.3 Å². The Morgan fingerprint density at radius 2 is 1.18 bits per heavy atom. The van der Waals surface area contributed by atoms with Crippen LogP contribution < -0.4 is 4.90 Å². The van der Waals surface area contributed by atoms with Gasteiger partial charge in [-0.05, 0) is 130 Å². The Kier molecular flexibility index (Phi) is 10.5. The summed E-state index contributed by atoms with van der Waals surface area (Å²) in [5.41, 5.74) is 18.8. The van der Waals surface area contributed by atoms with Crippen LogP contribution in [0.25, 0.3) is 60.9 Å². The molecular formula is C59H50N2. The van der Waals surface area contributed by atoms with E-state index in [2.05, 4.69) is 231 Å². The summed E-state index contributed by atoms with van der Waals surface area (Å²) in [6.07, 6.45) is 12.5. The van der Waals surface area contributed by atoms with Gasteiger partial charge in [0.05, 0.1) is 11.0 Å². The van der Waals surface area contributed by atoms with E-state index in [1.165, 1.54) is 66.3 Å². The molecule has 0 saturated heterocycles. The Morgan fingerprint density at radius 1 is 0.607 bits per heavy atom. The highest BCUT2D eigenvalue weighted by Gasteiger charge is 2.35. The van der Waals surface area contributed by atoms with Crippen molar-refractivity contribution < 1.29 is 0 Å². The molecule has 9 rings (SSSR count). The number of aromatic nitrogens is 1. The molecule has 1 aliphatic rings. The molecule has 0 spiro atoms. The highest BCUT2D eigenvalue weighted by atomic mass is 15.1. The normalized spacial score (nSPS) is 13.9. The van der Waals surface area contributed by atoms with Crippen molar-refractivity contribution in [1.29, 1.82) is 0 Å². The van der Waals surface area contributed by atoms with E-state index in [-0.39, 0.29) is 5.41 Å². The lowest BCUT2D eigenvalue weighted by Crippen LogP contribution is -2.19. The van der Waals surface area contributed by atoms with Gasteiger partial charge in [0, 0.05) is 38.9 Å². The zero-order chi connectivity index (χ0) is 42.1. The molecule has 0 saturated carbocycles. The van der Waals surface area contributed by atoms with Gasteiger partial charge in [0.25, 0.3) is 0 Å². The van der Waals surface area contributed by atoms with Crippen LogP contribution >= 0.6 is 0 Å². The smallest absolute Gasteiger partial charge is 0.0541 e. The molecule has 61 heavy (non-hydrogen) atoms. The molecule has 0 aliphatic heterocycles. The molecule has 0 radical (unpaired) electrons. The zero-order valence-corrected chi connectivity index (χ0v) is 35.4. The number of nitrogens with zero attached hydrogens (tertiary/aromatic N) is 2. The highest BCUT2D eigenvalue weighted by Crippen LogP contribution is 2.48. The van der Waals surface area contributed by atoms with E-state index in [1.54, 1.807) is 0 Å². The second kappa shape index (κ2) is 16.3. The summed E-state index contributed by atoms with van der Waals surface area (Å²) in [4.78, 5) is 2.38. The second-order valence-corrected chi connectivity index (χ2v) is 16.3. The molecule has 0 amide bonds. The lowest BCUT2D eigenvalue weighted by atomic mass is 9.81. The minimum atomic E-state index is -0.178. The molecule has 2 heteroatoms. The molecule has 0 unspecified atom stereocenters. The number of allylic oxidation sites excluding steroid dienone is 10. The van der Waals surface area contributed by atoms with Crippen molar-refractivity contribution in [3.63, 3.8) is 0 Å². The van der Waals surface area contributed by atoms with E-state index >= 15 is 0 Å². The SMILES string of the molecule is C=C/C=C(\C=C/C)c1ccc(-c2ccc(N(/C(C)=C/C3=C(C=C)c4ccccc4C3(C)C)c3ccc(-c4ccc5c(c4)c4ccccc4n5-c4ccccc4)cc3)cc2)cc1. The molecule has 0 fully saturated rings. The molecule has 8 aromatic rings. The predicted octanol–water partition coefficient (Wildman–Crippen LogP) is 16.2. The molecule has 2 nitrogen and oxygen atoms in total. The van der Waals surface area contributed by atoms with Crippen LogP contribution in [-0.2, 0) is 5.41 Å². The standard InChI is InChI=1S/C59H50N2/c1-7-17-42(18-8-2)43-25-27-44(28-26-43)45-29-34-49(35-30-45)60(41(4)39-56-51(9-3)52-21-13-15-23-55(52)59(56,5)6)50-36-31-46(32-37-50)47-33-38-58-54(40-47)53-22-14-16-24-57(53)61(58)48-19-11-10-12-20-48/h7-40H,1,3H2,2,4-6H3/b18-8-,41-39+,42-17+. The van der Waals surface area contributed by atoms with Crippen LogP contribution in [0.15, 0.2) is 231 Å². The third-order valence-corrected chi connectivity index (χ3v) is 12.2. The van der Waals surface area contributed by atoms with Crippen molar-refractivity contribution in [2.75, 3.05) is 4.90 Å². The first-order valence-electron chi connectivity index (χ1n) is 21.1. The molecule has 0 N–H and O–H groups in total. The van der Waals surface area contributed by atoms with Crippen LogP contribution in [0, 0.1) is 0 Å². The van der Waals surface area contributed by atoms with Gasteiger partial charge in [-0.15, -0.1) is 0 Å². The molecular weight excluding hydrogens is 737 g/mol. The number of hydrogen-bond acceptors (Lipinski definition) is 1. The first-order valence-corrected chi connectivity index (χ1v) is 21.1. The minimum absolute atomic E-state index is 0.178. The van der Waals surface area contributed by atoms with E-state index in [1.807, 2.05) is 25.2 Å². The van der Waals surface area contributed by atoms with Crippen LogP contribution in [0.2, 0.25) is 0 Å². The van der Waals surface area contributed by atoms with Gasteiger partial charge < -0.3 is 9.47 Å². The summed E-state index contributed by atoms with van der Waals surface area (Å²) in [6, 6.07) is 61.7. The van der Waals surface area contributed by atoms with E-state index in [0.717, 1.165) is 33.9 Å². The number of anilines is 2. The van der Waals surface area contributed by atoms with Crippen LogP contribution in [0.1, 0.15) is 44.4 Å². The maximum atomic E-state index is 4.28. The van der Waals surface area contributed by atoms with E-state index < -0.39 is 0 Å². The second-order valence-electron chi connectivity index (χ2n) is 16.3. The summed E-state index contributed by atoms with van der Waals surface area (Å²) in [5, 5.41) is 2.49. The molecule has 0 bridgehead atoms. The monoisotopic (exact) mass is 786 g/mol. The summed E-state index contributed by atoms with van der Waals surface area (Å²) in [5.74, 6) is 0. The Bertz CT molecular complexity index is 3050. The maximum Gasteiger partial charge on any atom is 0.0541 e. The van der Waals surface area contributed by atoms with Gasteiger partial charge in [-0.1, -0.05) is 173 Å². The van der Waals surface area contributed by atoms with Crippen LogP contribution in [0.5, 0.6) is 0 Å². The Hall–Kier alpha value is -7.42. The van der Waals surface area contributed by atoms with Crippen molar-refractivity contribution in [2.45, 2.75) is 33.1 Å². The summed E-state index contributed by atoms with van der Waals surface area (Å²) in [6.45, 7) is 17.1. The van der Waals surface area contributed by atoms with Crippen LogP contribution in [0.4, 0.5) is 11.4 Å². The number of hydrogen-bond donors (Lipinski definition) is 0. The molecule has 1 heterocycles. The van der Waals surface area contributed by atoms with E-state index in [9.17, 15) is 0 Å². The lowest BCUT2D eigenvalue weighted by Gasteiger charge is -2.29. The largest absolute Gasteiger partial charge is 0.315 e. The average Bonchev–Trinajstić information content (AvgIpc) is 3.74. The summed E-state index contributed by atoms with van der Waals surface area (Å²) in [7, 11) is 0.